The summed E-state index contributed by atoms with van der Waals surface area (Å²) < 4.78 is 0. The van der Waals surface area contributed by atoms with E-state index in [4.69, 9.17) is 4.98 Å². The van der Waals surface area contributed by atoms with Gasteiger partial charge in [-0.25, -0.2) is 4.98 Å². The molecule has 2 aromatic carbocycles. The zero-order valence-electron chi connectivity index (χ0n) is 16.2. The first-order valence-corrected chi connectivity index (χ1v) is 9.93. The highest BCUT2D eigenvalue weighted by atomic mass is 16.2. The number of fused-ring (bicyclic) bond motifs is 2. The summed E-state index contributed by atoms with van der Waals surface area (Å²) in [5.74, 6) is 1.36. The Morgan fingerprint density at radius 1 is 1.11 bits per heavy atom. The summed E-state index contributed by atoms with van der Waals surface area (Å²) in [6.45, 7) is 5.68. The van der Waals surface area contributed by atoms with Crippen molar-refractivity contribution < 1.29 is 4.79 Å². The topological polar surface area (TPSA) is 64.8 Å². The maximum Gasteiger partial charge on any atom is 0.253 e. The predicted octanol–water partition coefficient (Wildman–Crippen LogP) is 4.68. The van der Waals surface area contributed by atoms with E-state index in [-0.39, 0.29) is 11.8 Å². The van der Waals surface area contributed by atoms with Gasteiger partial charge in [-0.3, -0.25) is 4.79 Å². The fraction of sp³-hybridized carbons (Fsp3) is 0.304. The number of piperidine rings is 1. The minimum atomic E-state index is 0.112. The molecule has 0 saturated carbocycles. The lowest BCUT2D eigenvalue weighted by atomic mass is 9.96. The standard InChI is InChI=1S/C23H24N4O/c1-14-15(2)24-19-10-9-16(12-18(14)19)23(28)27-11-5-6-17(13-27)22-25-20-7-3-4-8-21(20)26-22/h3-4,7-10,12,17,24H,5-6,11,13H2,1-2H3,(H,25,26). The number of nitrogens with one attached hydrogen (secondary N) is 2. The number of carbonyl (C=O) groups is 1. The van der Waals surface area contributed by atoms with E-state index in [0.29, 0.717) is 6.54 Å². The molecule has 2 aromatic heterocycles. The molecule has 1 atom stereocenters. The van der Waals surface area contributed by atoms with Crippen LogP contribution in [0.25, 0.3) is 21.9 Å². The average Bonchev–Trinajstić information content (AvgIpc) is 3.28. The molecule has 4 aromatic rings. The summed E-state index contributed by atoms with van der Waals surface area (Å²) in [6, 6.07) is 14.1. The zero-order chi connectivity index (χ0) is 19.3. The molecule has 5 nitrogen and oxygen atoms in total. The normalized spacial score (nSPS) is 17.5. The molecule has 28 heavy (non-hydrogen) atoms. The van der Waals surface area contributed by atoms with E-state index < -0.39 is 0 Å². The van der Waals surface area contributed by atoms with Crippen molar-refractivity contribution in [2.24, 2.45) is 0 Å². The zero-order valence-corrected chi connectivity index (χ0v) is 16.2. The number of carbonyl (C=O) groups excluding carboxylic acids is 1. The van der Waals surface area contributed by atoms with Crippen molar-refractivity contribution in [1.29, 1.82) is 0 Å². The predicted molar refractivity (Wildman–Crippen MR) is 112 cm³/mol. The summed E-state index contributed by atoms with van der Waals surface area (Å²) in [6.07, 6.45) is 2.05. The van der Waals surface area contributed by atoms with Crippen molar-refractivity contribution in [2.75, 3.05) is 13.1 Å². The van der Waals surface area contributed by atoms with Crippen LogP contribution in [0.5, 0.6) is 0 Å². The van der Waals surface area contributed by atoms with Crippen LogP contribution in [-0.2, 0) is 0 Å². The lowest BCUT2D eigenvalue weighted by Crippen LogP contribution is -2.39. The SMILES string of the molecule is Cc1[nH]c2ccc(C(=O)N3CCCC(c4nc5ccccc5[nH]4)C3)cc2c1C. The molecule has 0 spiro atoms. The van der Waals surface area contributed by atoms with Gasteiger partial charge in [0, 0.05) is 41.2 Å². The quantitative estimate of drug-likeness (QED) is 0.536. The summed E-state index contributed by atoms with van der Waals surface area (Å²) >= 11 is 0. The third kappa shape index (κ3) is 2.78. The van der Waals surface area contributed by atoms with E-state index in [1.54, 1.807) is 0 Å². The molecule has 0 bridgehead atoms. The average molecular weight is 372 g/mol. The molecule has 1 aliphatic heterocycles. The Morgan fingerprint density at radius 3 is 2.82 bits per heavy atom. The van der Waals surface area contributed by atoms with E-state index in [9.17, 15) is 4.79 Å². The van der Waals surface area contributed by atoms with Crippen LogP contribution in [0.15, 0.2) is 42.5 Å². The monoisotopic (exact) mass is 372 g/mol. The molecule has 5 heteroatoms. The highest BCUT2D eigenvalue weighted by Crippen LogP contribution is 2.29. The fourth-order valence-electron chi connectivity index (χ4n) is 4.33. The highest BCUT2D eigenvalue weighted by Gasteiger charge is 2.27. The van der Waals surface area contributed by atoms with Crippen LogP contribution < -0.4 is 0 Å². The molecule has 5 rings (SSSR count). The fourth-order valence-corrected chi connectivity index (χ4v) is 4.33. The van der Waals surface area contributed by atoms with Gasteiger partial charge < -0.3 is 14.9 Å². The second kappa shape index (κ2) is 6.51. The van der Waals surface area contributed by atoms with E-state index in [0.717, 1.165) is 58.4 Å². The number of rotatable bonds is 2. The molecule has 1 aliphatic rings. The smallest absolute Gasteiger partial charge is 0.253 e. The second-order valence-corrected chi connectivity index (χ2v) is 7.86. The minimum Gasteiger partial charge on any atom is -0.358 e. The number of aromatic amines is 2. The Bertz CT molecular complexity index is 1150. The van der Waals surface area contributed by atoms with Gasteiger partial charge in [0.1, 0.15) is 5.82 Å². The number of likely N-dealkylation sites (tertiary alicyclic amines) is 1. The molecule has 2 N–H and O–H groups in total. The molecule has 1 unspecified atom stereocenters. The maximum absolute atomic E-state index is 13.2. The van der Waals surface area contributed by atoms with Crippen molar-refractivity contribution in [3.8, 4) is 0 Å². The number of aryl methyl sites for hydroxylation is 2. The number of amides is 1. The molecular weight excluding hydrogens is 348 g/mol. The molecule has 0 radical (unpaired) electrons. The van der Waals surface area contributed by atoms with Gasteiger partial charge in [0.15, 0.2) is 0 Å². The third-order valence-electron chi connectivity index (χ3n) is 6.06. The second-order valence-electron chi connectivity index (χ2n) is 7.86. The van der Waals surface area contributed by atoms with Crippen molar-refractivity contribution in [2.45, 2.75) is 32.6 Å². The van der Waals surface area contributed by atoms with Gasteiger partial charge in [0.05, 0.1) is 11.0 Å². The Morgan fingerprint density at radius 2 is 1.96 bits per heavy atom. The highest BCUT2D eigenvalue weighted by molar-refractivity contribution is 5.99. The van der Waals surface area contributed by atoms with Gasteiger partial charge in [-0.05, 0) is 62.6 Å². The molecule has 1 saturated heterocycles. The van der Waals surface area contributed by atoms with Gasteiger partial charge in [-0.1, -0.05) is 12.1 Å². The Labute approximate surface area is 163 Å². The van der Waals surface area contributed by atoms with Gasteiger partial charge in [0.2, 0.25) is 0 Å². The Hall–Kier alpha value is -3.08. The number of benzene rings is 2. The van der Waals surface area contributed by atoms with Crippen molar-refractivity contribution in [3.05, 3.63) is 65.1 Å². The molecule has 3 heterocycles. The summed E-state index contributed by atoms with van der Waals surface area (Å²) in [5, 5.41) is 1.13. The molecule has 1 fully saturated rings. The third-order valence-corrected chi connectivity index (χ3v) is 6.06. The van der Waals surface area contributed by atoms with Crippen LogP contribution in [0.4, 0.5) is 0 Å². The first-order valence-electron chi connectivity index (χ1n) is 9.93. The molecular formula is C23H24N4O. The summed E-state index contributed by atoms with van der Waals surface area (Å²) in [5.41, 5.74) is 6.27. The number of para-hydroxylation sites is 2. The van der Waals surface area contributed by atoms with Crippen molar-refractivity contribution in [1.82, 2.24) is 19.9 Å². The number of nitrogens with zero attached hydrogens (tertiary/aromatic N) is 2. The maximum atomic E-state index is 13.2. The van der Waals surface area contributed by atoms with Crippen molar-refractivity contribution >= 4 is 27.8 Å². The number of H-pyrrole nitrogens is 2. The number of aromatic nitrogens is 3. The minimum absolute atomic E-state index is 0.112. The molecule has 1 amide bonds. The van der Waals surface area contributed by atoms with Gasteiger partial charge in [-0.2, -0.15) is 0 Å². The number of hydrogen-bond donors (Lipinski definition) is 2. The van der Waals surface area contributed by atoms with Crippen LogP contribution in [-0.4, -0.2) is 38.8 Å². The Kier molecular flexibility index (Phi) is 3.97. The van der Waals surface area contributed by atoms with Crippen molar-refractivity contribution in [3.63, 3.8) is 0 Å². The van der Waals surface area contributed by atoms with Crippen LogP contribution in [0.3, 0.4) is 0 Å². The number of imidazole rings is 1. The van der Waals surface area contributed by atoms with Crippen LogP contribution in [0.1, 0.15) is 46.2 Å². The van der Waals surface area contributed by atoms with Gasteiger partial charge >= 0.3 is 0 Å². The number of hydrogen-bond acceptors (Lipinski definition) is 2. The summed E-state index contributed by atoms with van der Waals surface area (Å²) in [4.78, 5) is 26.8. The molecule has 142 valence electrons. The first kappa shape index (κ1) is 17.0. The van der Waals surface area contributed by atoms with Crippen LogP contribution in [0, 0.1) is 13.8 Å². The van der Waals surface area contributed by atoms with Crippen LogP contribution >= 0.6 is 0 Å². The lowest BCUT2D eigenvalue weighted by Gasteiger charge is -2.32. The van der Waals surface area contributed by atoms with E-state index in [1.165, 1.54) is 5.56 Å². The lowest BCUT2D eigenvalue weighted by molar-refractivity contribution is 0.0705. The first-order chi connectivity index (χ1) is 13.6. The van der Waals surface area contributed by atoms with Gasteiger partial charge in [0.25, 0.3) is 5.91 Å². The molecule has 0 aliphatic carbocycles. The van der Waals surface area contributed by atoms with E-state index in [2.05, 4.69) is 23.8 Å². The Balaban J connectivity index is 1.41. The van der Waals surface area contributed by atoms with Crippen LogP contribution in [0.2, 0.25) is 0 Å². The van der Waals surface area contributed by atoms with Gasteiger partial charge in [-0.15, -0.1) is 0 Å². The van der Waals surface area contributed by atoms with E-state index in [1.807, 2.05) is 47.4 Å². The summed E-state index contributed by atoms with van der Waals surface area (Å²) in [7, 11) is 0. The van der Waals surface area contributed by atoms with E-state index >= 15 is 0 Å². The largest absolute Gasteiger partial charge is 0.358 e.